The van der Waals surface area contributed by atoms with E-state index < -0.39 is 6.10 Å². The highest BCUT2D eigenvalue weighted by Gasteiger charge is 2.31. The molecule has 3 rings (SSSR count). The Morgan fingerprint density at radius 3 is 3.00 bits per heavy atom. The lowest BCUT2D eigenvalue weighted by atomic mass is 10.1. The molecule has 24 heavy (non-hydrogen) atoms. The van der Waals surface area contributed by atoms with Crippen molar-refractivity contribution in [2.45, 2.75) is 31.4 Å². The van der Waals surface area contributed by atoms with Crippen molar-refractivity contribution in [3.63, 3.8) is 0 Å². The standard InChI is InChI=1S/C18H22N2O4/c1-23-16-8-3-2-7-14(16)19-18(22)20-10-4-6-13(20)12-15(21)17-9-5-11-24-17/h2-3,5,7-9,11,13,15,21H,4,6,10,12H2,1H3,(H,19,22)/t13-,15-/m0/s1. The molecule has 2 aromatic rings. The predicted octanol–water partition coefficient (Wildman–Crippen LogP) is 3.41. The molecule has 6 nitrogen and oxygen atoms in total. The number of benzene rings is 1. The number of para-hydroxylation sites is 2. The van der Waals surface area contributed by atoms with E-state index in [1.807, 2.05) is 12.1 Å². The zero-order chi connectivity index (χ0) is 16.9. The van der Waals surface area contributed by atoms with Crippen LogP contribution in [0, 0.1) is 0 Å². The second-order valence-electron chi connectivity index (χ2n) is 5.89. The van der Waals surface area contributed by atoms with Gasteiger partial charge < -0.3 is 24.5 Å². The minimum Gasteiger partial charge on any atom is -0.495 e. The van der Waals surface area contributed by atoms with Crippen LogP contribution in [0.1, 0.15) is 31.1 Å². The fourth-order valence-electron chi connectivity index (χ4n) is 3.14. The lowest BCUT2D eigenvalue weighted by Gasteiger charge is -2.26. The summed E-state index contributed by atoms with van der Waals surface area (Å²) in [5.74, 6) is 1.16. The van der Waals surface area contributed by atoms with Crippen molar-refractivity contribution in [2.75, 3.05) is 19.0 Å². The number of hydrogen-bond acceptors (Lipinski definition) is 4. The number of carbonyl (C=O) groups is 1. The topological polar surface area (TPSA) is 74.9 Å². The molecule has 1 aliphatic heterocycles. The lowest BCUT2D eigenvalue weighted by Crippen LogP contribution is -2.39. The number of rotatable bonds is 5. The molecule has 0 radical (unpaired) electrons. The van der Waals surface area contributed by atoms with Gasteiger partial charge in [0.25, 0.3) is 0 Å². The van der Waals surface area contributed by atoms with Crippen molar-refractivity contribution in [1.29, 1.82) is 0 Å². The van der Waals surface area contributed by atoms with Gasteiger partial charge >= 0.3 is 6.03 Å². The normalized spacial score (nSPS) is 18.4. The van der Waals surface area contributed by atoms with Crippen molar-refractivity contribution < 1.29 is 19.1 Å². The minimum absolute atomic E-state index is 0.0141. The third-order valence-corrected chi connectivity index (χ3v) is 4.35. The molecule has 2 N–H and O–H groups in total. The van der Waals surface area contributed by atoms with Crippen LogP contribution in [0.15, 0.2) is 47.1 Å². The van der Waals surface area contributed by atoms with Gasteiger partial charge in [0.2, 0.25) is 0 Å². The van der Waals surface area contributed by atoms with E-state index in [0.29, 0.717) is 30.2 Å². The molecule has 1 fully saturated rings. The number of nitrogens with one attached hydrogen (secondary N) is 1. The fourth-order valence-corrected chi connectivity index (χ4v) is 3.14. The molecule has 0 bridgehead atoms. The number of likely N-dealkylation sites (tertiary alicyclic amines) is 1. The van der Waals surface area contributed by atoms with Crippen molar-refractivity contribution in [3.8, 4) is 5.75 Å². The molecule has 1 saturated heterocycles. The first-order valence-electron chi connectivity index (χ1n) is 8.11. The quantitative estimate of drug-likeness (QED) is 0.881. The van der Waals surface area contributed by atoms with E-state index in [1.165, 1.54) is 0 Å². The summed E-state index contributed by atoms with van der Waals surface area (Å²) in [4.78, 5) is 14.4. The van der Waals surface area contributed by atoms with E-state index in [2.05, 4.69) is 5.32 Å². The number of anilines is 1. The summed E-state index contributed by atoms with van der Waals surface area (Å²) < 4.78 is 10.5. The lowest BCUT2D eigenvalue weighted by molar-refractivity contribution is 0.110. The van der Waals surface area contributed by atoms with Crippen molar-refractivity contribution >= 4 is 11.7 Å². The van der Waals surface area contributed by atoms with Gasteiger partial charge in [-0.2, -0.15) is 0 Å². The third-order valence-electron chi connectivity index (χ3n) is 4.35. The van der Waals surface area contributed by atoms with Crippen molar-refractivity contribution in [2.24, 2.45) is 0 Å². The van der Waals surface area contributed by atoms with Crippen LogP contribution in [0.4, 0.5) is 10.5 Å². The van der Waals surface area contributed by atoms with Crippen LogP contribution in [-0.2, 0) is 0 Å². The molecule has 0 aliphatic carbocycles. The molecule has 2 amide bonds. The number of carbonyl (C=O) groups excluding carboxylic acids is 1. The van der Waals surface area contributed by atoms with Crippen LogP contribution >= 0.6 is 0 Å². The van der Waals surface area contributed by atoms with Gasteiger partial charge in [0, 0.05) is 19.0 Å². The second-order valence-corrected chi connectivity index (χ2v) is 5.89. The van der Waals surface area contributed by atoms with E-state index >= 15 is 0 Å². The number of amides is 2. The number of methoxy groups -OCH3 is 1. The molecule has 0 saturated carbocycles. The van der Waals surface area contributed by atoms with Gasteiger partial charge in [0.15, 0.2) is 0 Å². The van der Waals surface area contributed by atoms with Gasteiger partial charge in [0.1, 0.15) is 17.6 Å². The van der Waals surface area contributed by atoms with E-state index in [9.17, 15) is 9.90 Å². The summed E-state index contributed by atoms with van der Waals surface area (Å²) in [6, 6.07) is 10.6. The Morgan fingerprint density at radius 2 is 2.25 bits per heavy atom. The Labute approximate surface area is 141 Å². The summed E-state index contributed by atoms with van der Waals surface area (Å²) in [6.45, 7) is 0.677. The van der Waals surface area contributed by atoms with E-state index in [1.54, 1.807) is 42.5 Å². The zero-order valence-electron chi connectivity index (χ0n) is 13.6. The number of furan rings is 1. The first kappa shape index (κ1) is 16.4. The summed E-state index contributed by atoms with van der Waals surface area (Å²) in [5.41, 5.74) is 0.641. The van der Waals surface area contributed by atoms with Gasteiger partial charge in [-0.25, -0.2) is 4.79 Å². The van der Waals surface area contributed by atoms with Gasteiger partial charge in [-0.15, -0.1) is 0 Å². The number of urea groups is 1. The highest BCUT2D eigenvalue weighted by Crippen LogP contribution is 2.29. The molecule has 0 unspecified atom stereocenters. The second kappa shape index (κ2) is 7.40. The number of nitrogens with zero attached hydrogens (tertiary/aromatic N) is 1. The molecule has 128 valence electrons. The zero-order valence-corrected chi connectivity index (χ0v) is 13.6. The summed E-state index contributed by atoms with van der Waals surface area (Å²) in [6.07, 6.45) is 3.10. The van der Waals surface area contributed by atoms with Crippen molar-refractivity contribution in [3.05, 3.63) is 48.4 Å². The highest BCUT2D eigenvalue weighted by molar-refractivity contribution is 5.91. The number of aliphatic hydroxyl groups is 1. The van der Waals surface area contributed by atoms with Crippen LogP contribution in [0.3, 0.4) is 0 Å². The molecule has 1 aliphatic rings. The summed E-state index contributed by atoms with van der Waals surface area (Å²) >= 11 is 0. The average molecular weight is 330 g/mol. The van der Waals surface area contributed by atoms with Crippen molar-refractivity contribution in [1.82, 2.24) is 4.90 Å². The predicted molar refractivity (Wildman–Crippen MR) is 90.0 cm³/mol. The van der Waals surface area contributed by atoms with Gasteiger partial charge in [-0.1, -0.05) is 12.1 Å². The molecule has 1 aromatic carbocycles. The molecule has 1 aromatic heterocycles. The monoisotopic (exact) mass is 330 g/mol. The molecular formula is C18H22N2O4. The van der Waals surface area contributed by atoms with E-state index in [4.69, 9.17) is 9.15 Å². The van der Waals surface area contributed by atoms with Crippen LogP contribution in [0.25, 0.3) is 0 Å². The Bertz CT molecular complexity index is 671. The van der Waals surface area contributed by atoms with Crippen LogP contribution in [0.2, 0.25) is 0 Å². The Morgan fingerprint density at radius 1 is 1.42 bits per heavy atom. The minimum atomic E-state index is -0.704. The molecular weight excluding hydrogens is 308 g/mol. The van der Waals surface area contributed by atoms with Gasteiger partial charge in [-0.3, -0.25) is 0 Å². The number of hydrogen-bond donors (Lipinski definition) is 2. The van der Waals surface area contributed by atoms with Crippen LogP contribution < -0.4 is 10.1 Å². The van der Waals surface area contributed by atoms with E-state index in [-0.39, 0.29) is 12.1 Å². The number of aliphatic hydroxyl groups excluding tert-OH is 1. The maximum atomic E-state index is 12.6. The molecule has 0 spiro atoms. The van der Waals surface area contributed by atoms with E-state index in [0.717, 1.165) is 12.8 Å². The first-order valence-corrected chi connectivity index (χ1v) is 8.11. The molecule has 6 heteroatoms. The summed E-state index contributed by atoms with van der Waals surface area (Å²) in [7, 11) is 1.57. The highest BCUT2D eigenvalue weighted by atomic mass is 16.5. The van der Waals surface area contributed by atoms with Crippen LogP contribution in [0.5, 0.6) is 5.75 Å². The summed E-state index contributed by atoms with van der Waals surface area (Å²) in [5, 5.41) is 13.2. The fraction of sp³-hybridized carbons (Fsp3) is 0.389. The molecule has 2 atom stereocenters. The SMILES string of the molecule is COc1ccccc1NC(=O)N1CCC[C@H]1C[C@H](O)c1ccco1. The Hall–Kier alpha value is -2.47. The smallest absolute Gasteiger partial charge is 0.322 e. The van der Waals surface area contributed by atoms with Crippen LogP contribution in [-0.4, -0.2) is 35.7 Å². The third kappa shape index (κ3) is 3.54. The Balaban J connectivity index is 1.65. The molecule has 2 heterocycles. The maximum Gasteiger partial charge on any atom is 0.322 e. The number of ether oxygens (including phenoxy) is 1. The largest absolute Gasteiger partial charge is 0.495 e. The van der Waals surface area contributed by atoms with Gasteiger partial charge in [0.05, 0.1) is 19.1 Å². The first-order chi connectivity index (χ1) is 11.7. The maximum absolute atomic E-state index is 12.6. The van der Waals surface area contributed by atoms with Gasteiger partial charge in [-0.05, 0) is 37.1 Å². The Kier molecular flexibility index (Phi) is 5.05. The average Bonchev–Trinajstić information content (AvgIpc) is 3.27.